The monoisotopic (exact) mass is 241 g/mol. The summed E-state index contributed by atoms with van der Waals surface area (Å²) in [6.07, 6.45) is 9.17. The summed E-state index contributed by atoms with van der Waals surface area (Å²) in [6, 6.07) is 0.782. The van der Waals surface area contributed by atoms with E-state index in [-0.39, 0.29) is 5.60 Å². The fourth-order valence-electron chi connectivity index (χ4n) is 2.65. The molecule has 1 N–H and O–H groups in total. The van der Waals surface area contributed by atoms with E-state index in [1.807, 2.05) is 6.92 Å². The lowest BCUT2D eigenvalue weighted by atomic mass is 9.84. The van der Waals surface area contributed by atoms with Crippen LogP contribution in [0.1, 0.15) is 51.9 Å². The van der Waals surface area contributed by atoms with Crippen LogP contribution >= 0.6 is 0 Å². The van der Waals surface area contributed by atoms with Crippen LogP contribution in [-0.4, -0.2) is 38.0 Å². The van der Waals surface area contributed by atoms with Crippen LogP contribution < -0.4 is 5.32 Å². The lowest BCUT2D eigenvalue weighted by Gasteiger charge is -2.37. The van der Waals surface area contributed by atoms with Crippen LogP contribution in [0, 0.1) is 0 Å². The molecule has 2 aliphatic rings. The quantitative estimate of drug-likeness (QED) is 0.662. The largest absolute Gasteiger partial charge is 0.379 e. The fraction of sp³-hybridized carbons (Fsp3) is 1.00. The molecule has 17 heavy (non-hydrogen) atoms. The minimum Gasteiger partial charge on any atom is -0.379 e. The van der Waals surface area contributed by atoms with Crippen LogP contribution in [-0.2, 0) is 9.47 Å². The molecule has 0 spiro atoms. The first-order chi connectivity index (χ1) is 8.35. The molecule has 0 aromatic rings. The number of nitrogens with one attached hydrogen (secondary N) is 1. The Bertz CT molecular complexity index is 210. The van der Waals surface area contributed by atoms with Gasteiger partial charge in [-0.1, -0.05) is 19.3 Å². The van der Waals surface area contributed by atoms with Gasteiger partial charge in [-0.15, -0.1) is 0 Å². The van der Waals surface area contributed by atoms with E-state index in [4.69, 9.17) is 9.47 Å². The van der Waals surface area contributed by atoms with Crippen LogP contribution in [0.15, 0.2) is 0 Å². The third-order valence-corrected chi connectivity index (χ3v) is 3.90. The molecule has 0 aromatic carbocycles. The molecule has 0 aliphatic heterocycles. The minimum absolute atomic E-state index is 0.109. The highest BCUT2D eigenvalue weighted by atomic mass is 16.5. The lowest BCUT2D eigenvalue weighted by Crippen LogP contribution is -2.46. The van der Waals surface area contributed by atoms with Crippen molar-refractivity contribution < 1.29 is 9.47 Å². The zero-order valence-electron chi connectivity index (χ0n) is 11.2. The summed E-state index contributed by atoms with van der Waals surface area (Å²) >= 11 is 0. The number of hydrogen-bond donors (Lipinski definition) is 1. The molecule has 0 heterocycles. The maximum absolute atomic E-state index is 6.16. The predicted octanol–water partition coefficient (Wildman–Crippen LogP) is 2.49. The third-order valence-electron chi connectivity index (χ3n) is 3.90. The first-order valence-electron chi connectivity index (χ1n) is 7.30. The number of hydrogen-bond acceptors (Lipinski definition) is 3. The Kier molecular flexibility index (Phi) is 5.26. The van der Waals surface area contributed by atoms with Crippen molar-refractivity contribution in [3.8, 4) is 0 Å². The van der Waals surface area contributed by atoms with Crippen molar-refractivity contribution in [2.24, 2.45) is 0 Å². The van der Waals surface area contributed by atoms with Gasteiger partial charge in [0.1, 0.15) is 0 Å². The molecule has 0 unspecified atom stereocenters. The molecule has 3 nitrogen and oxygen atoms in total. The summed E-state index contributed by atoms with van der Waals surface area (Å²) in [7, 11) is 0. The second kappa shape index (κ2) is 6.72. The highest BCUT2D eigenvalue weighted by Gasteiger charge is 2.34. The molecule has 0 radical (unpaired) electrons. The van der Waals surface area contributed by atoms with E-state index in [9.17, 15) is 0 Å². The summed E-state index contributed by atoms with van der Waals surface area (Å²) in [4.78, 5) is 0. The Morgan fingerprint density at radius 1 is 1.12 bits per heavy atom. The van der Waals surface area contributed by atoms with Gasteiger partial charge in [0.15, 0.2) is 0 Å². The highest BCUT2D eigenvalue weighted by Crippen LogP contribution is 2.32. The van der Waals surface area contributed by atoms with Gasteiger partial charge >= 0.3 is 0 Å². The molecule has 3 heteroatoms. The van der Waals surface area contributed by atoms with Crippen molar-refractivity contribution in [1.29, 1.82) is 0 Å². The van der Waals surface area contributed by atoms with Crippen molar-refractivity contribution in [2.45, 2.75) is 63.5 Å². The highest BCUT2D eigenvalue weighted by molar-refractivity contribution is 4.91. The summed E-state index contributed by atoms with van der Waals surface area (Å²) in [5.41, 5.74) is 0.109. The topological polar surface area (TPSA) is 30.5 Å². The van der Waals surface area contributed by atoms with Gasteiger partial charge in [-0.05, 0) is 32.6 Å². The van der Waals surface area contributed by atoms with Gasteiger partial charge in [-0.2, -0.15) is 0 Å². The summed E-state index contributed by atoms with van der Waals surface area (Å²) in [5.74, 6) is 0. The Morgan fingerprint density at radius 2 is 1.88 bits per heavy atom. The number of ether oxygens (including phenoxy) is 2. The first-order valence-corrected chi connectivity index (χ1v) is 7.30. The van der Waals surface area contributed by atoms with Gasteiger partial charge in [-0.3, -0.25) is 0 Å². The molecule has 0 atom stereocenters. The van der Waals surface area contributed by atoms with E-state index in [1.54, 1.807) is 0 Å². The van der Waals surface area contributed by atoms with Gasteiger partial charge in [0.05, 0.1) is 18.8 Å². The van der Waals surface area contributed by atoms with Gasteiger partial charge in [0.2, 0.25) is 0 Å². The van der Waals surface area contributed by atoms with Crippen molar-refractivity contribution in [3.05, 3.63) is 0 Å². The fourth-order valence-corrected chi connectivity index (χ4v) is 2.65. The number of rotatable bonds is 8. The molecular formula is C14H27NO2. The maximum atomic E-state index is 6.16. The maximum Gasteiger partial charge on any atom is 0.0807 e. The van der Waals surface area contributed by atoms with Crippen molar-refractivity contribution in [1.82, 2.24) is 5.32 Å². The molecule has 2 saturated carbocycles. The normalized spacial score (nSPS) is 23.8. The molecule has 0 bridgehead atoms. The van der Waals surface area contributed by atoms with Crippen molar-refractivity contribution >= 4 is 0 Å². The first kappa shape index (κ1) is 13.3. The van der Waals surface area contributed by atoms with Crippen molar-refractivity contribution in [3.63, 3.8) is 0 Å². The molecule has 2 rings (SSSR count). The molecule has 2 aliphatic carbocycles. The Labute approximate surface area is 105 Å². The molecular weight excluding hydrogens is 214 g/mol. The second-order valence-corrected chi connectivity index (χ2v) is 5.44. The third kappa shape index (κ3) is 4.57. The van der Waals surface area contributed by atoms with Gasteiger partial charge < -0.3 is 14.8 Å². The summed E-state index contributed by atoms with van der Waals surface area (Å²) < 4.78 is 11.5. The Morgan fingerprint density at radius 3 is 2.53 bits per heavy atom. The van der Waals surface area contributed by atoms with E-state index in [1.165, 1.54) is 44.9 Å². The predicted molar refractivity (Wildman–Crippen MR) is 69.3 cm³/mol. The second-order valence-electron chi connectivity index (χ2n) is 5.44. The zero-order valence-corrected chi connectivity index (χ0v) is 11.2. The van der Waals surface area contributed by atoms with Crippen LogP contribution in [0.25, 0.3) is 0 Å². The lowest BCUT2D eigenvalue weighted by molar-refractivity contribution is -0.0855. The molecule has 0 saturated heterocycles. The van der Waals surface area contributed by atoms with Gasteiger partial charge in [0, 0.05) is 19.2 Å². The van der Waals surface area contributed by atoms with Crippen molar-refractivity contribution in [2.75, 3.05) is 26.4 Å². The van der Waals surface area contributed by atoms with E-state index >= 15 is 0 Å². The van der Waals surface area contributed by atoms with Gasteiger partial charge in [-0.25, -0.2) is 0 Å². The van der Waals surface area contributed by atoms with E-state index in [2.05, 4.69) is 5.32 Å². The van der Waals surface area contributed by atoms with Crippen LogP contribution in [0.2, 0.25) is 0 Å². The Hall–Kier alpha value is -0.120. The summed E-state index contributed by atoms with van der Waals surface area (Å²) in [6.45, 7) is 5.35. The zero-order chi connectivity index (χ0) is 12.0. The molecule has 0 amide bonds. The van der Waals surface area contributed by atoms with Gasteiger partial charge in [0.25, 0.3) is 0 Å². The SMILES string of the molecule is CCOCCOC1(CNC2CC2)CCCCC1. The summed E-state index contributed by atoms with van der Waals surface area (Å²) in [5, 5.41) is 3.64. The molecule has 2 fully saturated rings. The molecule has 100 valence electrons. The van der Waals surface area contributed by atoms with E-state index in [0.717, 1.165) is 32.4 Å². The van der Waals surface area contributed by atoms with E-state index < -0.39 is 0 Å². The smallest absolute Gasteiger partial charge is 0.0807 e. The van der Waals surface area contributed by atoms with E-state index in [0.29, 0.717) is 0 Å². The Balaban J connectivity index is 1.73. The molecule has 0 aromatic heterocycles. The average molecular weight is 241 g/mol. The van der Waals surface area contributed by atoms with Crippen LogP contribution in [0.5, 0.6) is 0 Å². The van der Waals surface area contributed by atoms with Crippen LogP contribution in [0.3, 0.4) is 0 Å². The standard InChI is InChI=1S/C14H27NO2/c1-2-16-10-11-17-14(8-4-3-5-9-14)12-15-13-6-7-13/h13,15H,2-12H2,1H3. The average Bonchev–Trinajstić information content (AvgIpc) is 3.18. The minimum atomic E-state index is 0.109. The van der Waals surface area contributed by atoms with Crippen LogP contribution in [0.4, 0.5) is 0 Å².